The molecule has 0 saturated carbocycles. The first-order valence-electron chi connectivity index (χ1n) is 9.95. The molecule has 0 radical (unpaired) electrons. The SMILES string of the molecule is COC(=O)C1(C(=O)OC)C[C@H](c2ccc(C)cc2)OC[C@@H]1CC(=O)c1ccc(Cl)cc1. The predicted molar refractivity (Wildman–Crippen MR) is 115 cm³/mol. The van der Waals surface area contributed by atoms with Gasteiger partial charge in [-0.05, 0) is 36.8 Å². The first-order chi connectivity index (χ1) is 14.8. The average molecular weight is 445 g/mol. The summed E-state index contributed by atoms with van der Waals surface area (Å²) in [4.78, 5) is 38.9. The van der Waals surface area contributed by atoms with Crippen molar-refractivity contribution in [2.45, 2.75) is 25.9 Å². The summed E-state index contributed by atoms with van der Waals surface area (Å²) < 4.78 is 16.1. The Morgan fingerprint density at radius 1 is 1.00 bits per heavy atom. The minimum absolute atomic E-state index is 0.0218. The van der Waals surface area contributed by atoms with Gasteiger partial charge in [0, 0.05) is 29.3 Å². The van der Waals surface area contributed by atoms with Crippen molar-refractivity contribution in [3.63, 3.8) is 0 Å². The molecule has 2 aromatic carbocycles. The van der Waals surface area contributed by atoms with Crippen molar-refractivity contribution in [3.8, 4) is 0 Å². The van der Waals surface area contributed by atoms with Crippen LogP contribution in [0.5, 0.6) is 0 Å². The third-order valence-electron chi connectivity index (χ3n) is 5.85. The second-order valence-electron chi connectivity index (χ2n) is 7.72. The molecular weight excluding hydrogens is 420 g/mol. The number of hydrogen-bond donors (Lipinski definition) is 0. The summed E-state index contributed by atoms with van der Waals surface area (Å²) in [5.41, 5.74) is 0.705. The van der Waals surface area contributed by atoms with Crippen molar-refractivity contribution in [3.05, 3.63) is 70.2 Å². The number of ketones is 1. The minimum Gasteiger partial charge on any atom is -0.468 e. The summed E-state index contributed by atoms with van der Waals surface area (Å²) >= 11 is 5.90. The van der Waals surface area contributed by atoms with Crippen LogP contribution in [0.3, 0.4) is 0 Å². The first-order valence-corrected chi connectivity index (χ1v) is 10.3. The van der Waals surface area contributed by atoms with E-state index in [1.54, 1.807) is 24.3 Å². The molecule has 1 heterocycles. The van der Waals surface area contributed by atoms with Crippen molar-refractivity contribution >= 4 is 29.3 Å². The lowest BCUT2D eigenvalue weighted by Gasteiger charge is -2.42. The number of aryl methyl sites for hydroxylation is 1. The maximum atomic E-state index is 13.0. The van der Waals surface area contributed by atoms with Crippen LogP contribution in [0.1, 0.15) is 40.4 Å². The summed E-state index contributed by atoms with van der Waals surface area (Å²) in [5.74, 6) is -2.42. The number of halogens is 1. The molecule has 164 valence electrons. The number of rotatable bonds is 6. The second-order valence-corrected chi connectivity index (χ2v) is 8.16. The quantitative estimate of drug-likeness (QED) is 0.375. The lowest BCUT2D eigenvalue weighted by molar-refractivity contribution is -0.189. The van der Waals surface area contributed by atoms with Gasteiger partial charge in [0.15, 0.2) is 11.2 Å². The Morgan fingerprint density at radius 2 is 1.58 bits per heavy atom. The van der Waals surface area contributed by atoms with Gasteiger partial charge in [-0.1, -0.05) is 41.4 Å². The number of methoxy groups -OCH3 is 2. The van der Waals surface area contributed by atoms with E-state index in [0.29, 0.717) is 10.6 Å². The van der Waals surface area contributed by atoms with Gasteiger partial charge < -0.3 is 14.2 Å². The molecule has 6 nitrogen and oxygen atoms in total. The molecule has 1 saturated heterocycles. The van der Waals surface area contributed by atoms with Crippen molar-refractivity contribution in [2.24, 2.45) is 11.3 Å². The molecule has 1 aliphatic heterocycles. The van der Waals surface area contributed by atoms with Gasteiger partial charge in [-0.3, -0.25) is 14.4 Å². The van der Waals surface area contributed by atoms with Gasteiger partial charge in [-0.2, -0.15) is 0 Å². The van der Waals surface area contributed by atoms with E-state index in [-0.39, 0.29) is 25.2 Å². The fraction of sp³-hybridized carbons (Fsp3) is 0.375. The van der Waals surface area contributed by atoms with Gasteiger partial charge in [-0.25, -0.2) is 0 Å². The summed E-state index contributed by atoms with van der Waals surface area (Å²) in [7, 11) is 2.45. The molecule has 0 bridgehead atoms. The standard InChI is InChI=1S/C24H25ClO6/c1-15-4-6-17(7-5-15)21-13-24(22(27)29-2,23(28)30-3)18(14-31-21)12-20(26)16-8-10-19(25)11-9-16/h4-11,18,21H,12-14H2,1-3H3/t18-,21+/m0/s1. The lowest BCUT2D eigenvalue weighted by Crippen LogP contribution is -2.53. The van der Waals surface area contributed by atoms with E-state index in [1.807, 2.05) is 31.2 Å². The molecule has 0 N–H and O–H groups in total. The third-order valence-corrected chi connectivity index (χ3v) is 6.10. The number of carbonyl (C=O) groups excluding carboxylic acids is 3. The maximum Gasteiger partial charge on any atom is 0.323 e. The topological polar surface area (TPSA) is 78.9 Å². The normalized spacial score (nSPS) is 20.0. The molecular formula is C24H25ClO6. The first kappa shape index (κ1) is 23.0. The molecule has 2 atom stereocenters. The van der Waals surface area contributed by atoms with E-state index in [4.69, 9.17) is 25.8 Å². The Labute approximate surface area is 186 Å². The number of hydrogen-bond acceptors (Lipinski definition) is 6. The molecule has 1 aliphatic rings. The molecule has 3 rings (SSSR count). The van der Waals surface area contributed by atoms with Gasteiger partial charge in [0.25, 0.3) is 0 Å². The van der Waals surface area contributed by atoms with Gasteiger partial charge in [0.1, 0.15) is 0 Å². The molecule has 31 heavy (non-hydrogen) atoms. The monoisotopic (exact) mass is 444 g/mol. The van der Waals surface area contributed by atoms with Crippen LogP contribution < -0.4 is 0 Å². The van der Waals surface area contributed by atoms with Gasteiger partial charge >= 0.3 is 11.9 Å². The summed E-state index contributed by atoms with van der Waals surface area (Å²) in [6.07, 6.45) is -0.568. The second kappa shape index (κ2) is 9.62. The van der Waals surface area contributed by atoms with Gasteiger partial charge in [0.2, 0.25) is 0 Å². The number of benzene rings is 2. The number of ether oxygens (including phenoxy) is 3. The summed E-state index contributed by atoms with van der Waals surface area (Å²) in [6.45, 7) is 2.00. The predicted octanol–water partition coefficient (Wildman–Crippen LogP) is 4.33. The largest absolute Gasteiger partial charge is 0.468 e. The fourth-order valence-electron chi connectivity index (χ4n) is 4.05. The molecule has 0 aromatic heterocycles. The number of esters is 2. The molecule has 7 heteroatoms. The zero-order valence-corrected chi connectivity index (χ0v) is 18.5. The zero-order valence-electron chi connectivity index (χ0n) is 17.7. The maximum absolute atomic E-state index is 13.0. The fourth-order valence-corrected chi connectivity index (χ4v) is 4.17. The van der Waals surface area contributed by atoms with Crippen LogP contribution in [0.15, 0.2) is 48.5 Å². The average Bonchev–Trinajstić information content (AvgIpc) is 2.79. The smallest absolute Gasteiger partial charge is 0.323 e. The van der Waals surface area contributed by atoms with Crippen LogP contribution in [0, 0.1) is 18.3 Å². The Hall–Kier alpha value is -2.70. The van der Waals surface area contributed by atoms with Crippen LogP contribution in [0.4, 0.5) is 0 Å². The highest BCUT2D eigenvalue weighted by molar-refractivity contribution is 6.30. The van der Waals surface area contributed by atoms with Crippen LogP contribution in [-0.4, -0.2) is 38.5 Å². The highest BCUT2D eigenvalue weighted by Gasteiger charge is 2.58. The Bertz CT molecular complexity index is 935. The van der Waals surface area contributed by atoms with Gasteiger partial charge in [-0.15, -0.1) is 0 Å². The van der Waals surface area contributed by atoms with Crippen molar-refractivity contribution < 1.29 is 28.6 Å². The van der Waals surface area contributed by atoms with Crippen LogP contribution >= 0.6 is 11.6 Å². The molecule has 0 aliphatic carbocycles. The van der Waals surface area contributed by atoms with E-state index < -0.39 is 29.4 Å². The van der Waals surface area contributed by atoms with E-state index >= 15 is 0 Å². The third kappa shape index (κ3) is 4.65. The van der Waals surface area contributed by atoms with Crippen LogP contribution in [0.25, 0.3) is 0 Å². The summed E-state index contributed by atoms with van der Waals surface area (Å²) in [6, 6.07) is 14.1. The van der Waals surface area contributed by atoms with Crippen LogP contribution in [-0.2, 0) is 23.8 Å². The van der Waals surface area contributed by atoms with E-state index in [2.05, 4.69) is 0 Å². The molecule has 0 spiro atoms. The van der Waals surface area contributed by atoms with Crippen LogP contribution in [0.2, 0.25) is 5.02 Å². The van der Waals surface area contributed by atoms with Gasteiger partial charge in [0.05, 0.1) is 26.9 Å². The summed E-state index contributed by atoms with van der Waals surface area (Å²) in [5, 5.41) is 0.511. The zero-order chi connectivity index (χ0) is 22.6. The highest BCUT2D eigenvalue weighted by Crippen LogP contribution is 2.47. The van der Waals surface area contributed by atoms with Crippen molar-refractivity contribution in [2.75, 3.05) is 20.8 Å². The molecule has 0 amide bonds. The van der Waals surface area contributed by atoms with Crippen molar-refractivity contribution in [1.82, 2.24) is 0 Å². The Morgan fingerprint density at radius 3 is 2.13 bits per heavy atom. The van der Waals surface area contributed by atoms with E-state index in [0.717, 1.165) is 11.1 Å². The molecule has 2 aromatic rings. The Balaban J connectivity index is 1.95. The lowest BCUT2D eigenvalue weighted by atomic mass is 9.67. The Kier molecular flexibility index (Phi) is 7.13. The van der Waals surface area contributed by atoms with E-state index in [9.17, 15) is 14.4 Å². The highest BCUT2D eigenvalue weighted by atomic mass is 35.5. The minimum atomic E-state index is -1.65. The molecule has 1 fully saturated rings. The number of carbonyl (C=O) groups is 3. The molecule has 0 unspecified atom stereocenters. The van der Waals surface area contributed by atoms with E-state index in [1.165, 1.54) is 14.2 Å². The van der Waals surface area contributed by atoms with Crippen molar-refractivity contribution in [1.29, 1.82) is 0 Å². The number of Topliss-reactive ketones (excluding diaryl/α,β-unsaturated/α-hetero) is 1.